The Kier molecular flexibility index (Phi) is 2.28. The fourth-order valence-corrected chi connectivity index (χ4v) is 1.95. The molecule has 1 aromatic rings. The normalized spacial score (nSPS) is 17.8. The van der Waals surface area contributed by atoms with Gasteiger partial charge < -0.3 is 5.21 Å². The van der Waals surface area contributed by atoms with Gasteiger partial charge in [-0.2, -0.15) is 0 Å². The summed E-state index contributed by atoms with van der Waals surface area (Å²) in [7, 11) is 0. The van der Waals surface area contributed by atoms with E-state index in [4.69, 9.17) is 5.21 Å². The first-order chi connectivity index (χ1) is 6.72. The molecule has 1 aromatic carbocycles. The number of aryl methyl sites for hydroxylation is 1. The van der Waals surface area contributed by atoms with E-state index in [1.165, 1.54) is 11.1 Å². The largest absolute Gasteiger partial charge is 0.411 e. The Balaban J connectivity index is 2.44. The zero-order valence-electron chi connectivity index (χ0n) is 8.62. The van der Waals surface area contributed by atoms with Crippen LogP contribution < -0.4 is 0 Å². The lowest BCUT2D eigenvalue weighted by molar-refractivity contribution is 0.318. The van der Waals surface area contributed by atoms with Crippen molar-refractivity contribution in [3.63, 3.8) is 0 Å². The Bertz CT molecular complexity index is 380. The molecule has 1 aliphatic carbocycles. The van der Waals surface area contributed by atoms with Gasteiger partial charge in [0.2, 0.25) is 0 Å². The summed E-state index contributed by atoms with van der Waals surface area (Å²) in [6.07, 6.45) is 1.88. The number of nitrogens with zero attached hydrogens (tertiary/aromatic N) is 1. The summed E-state index contributed by atoms with van der Waals surface area (Å²) < 4.78 is 0. The minimum absolute atomic E-state index is 0.565. The van der Waals surface area contributed by atoms with Gasteiger partial charge in [0.05, 0.1) is 5.71 Å². The van der Waals surface area contributed by atoms with Crippen molar-refractivity contribution in [2.45, 2.75) is 32.6 Å². The van der Waals surface area contributed by atoms with Gasteiger partial charge in [0.25, 0.3) is 0 Å². The maximum absolute atomic E-state index is 8.78. The Labute approximate surface area is 84.3 Å². The molecular weight excluding hydrogens is 174 g/mol. The number of fused-ring (bicyclic) bond motifs is 1. The fourth-order valence-electron chi connectivity index (χ4n) is 1.95. The van der Waals surface area contributed by atoms with Crippen LogP contribution >= 0.6 is 0 Å². The highest BCUT2D eigenvalue weighted by Crippen LogP contribution is 2.26. The van der Waals surface area contributed by atoms with E-state index < -0.39 is 0 Å². The molecule has 0 spiro atoms. The molecule has 0 fully saturated rings. The predicted octanol–water partition coefficient (Wildman–Crippen LogP) is 2.93. The van der Waals surface area contributed by atoms with E-state index in [2.05, 4.69) is 37.2 Å². The van der Waals surface area contributed by atoms with Crippen LogP contribution in [0.3, 0.4) is 0 Å². The average molecular weight is 189 g/mol. The molecule has 2 nitrogen and oxygen atoms in total. The van der Waals surface area contributed by atoms with Crippen molar-refractivity contribution in [2.75, 3.05) is 0 Å². The quantitative estimate of drug-likeness (QED) is 0.534. The van der Waals surface area contributed by atoms with E-state index >= 15 is 0 Å². The van der Waals surface area contributed by atoms with E-state index in [0.29, 0.717) is 5.92 Å². The molecule has 74 valence electrons. The van der Waals surface area contributed by atoms with Crippen LogP contribution in [0.1, 0.15) is 42.9 Å². The highest BCUT2D eigenvalue weighted by molar-refractivity contribution is 6.04. The van der Waals surface area contributed by atoms with Crippen molar-refractivity contribution < 1.29 is 5.21 Å². The lowest BCUT2D eigenvalue weighted by Crippen LogP contribution is -1.95. The van der Waals surface area contributed by atoms with Gasteiger partial charge in [-0.25, -0.2) is 0 Å². The fraction of sp³-hybridized carbons (Fsp3) is 0.417. The van der Waals surface area contributed by atoms with Crippen LogP contribution in [0, 0.1) is 0 Å². The maximum Gasteiger partial charge on any atom is 0.0873 e. The van der Waals surface area contributed by atoms with Crippen LogP contribution in [-0.4, -0.2) is 10.9 Å². The summed E-state index contributed by atoms with van der Waals surface area (Å²) in [5.41, 5.74) is 4.64. The zero-order valence-corrected chi connectivity index (χ0v) is 8.62. The summed E-state index contributed by atoms with van der Waals surface area (Å²) in [5.74, 6) is 0.565. The van der Waals surface area contributed by atoms with Gasteiger partial charge in [-0.3, -0.25) is 0 Å². The third kappa shape index (κ3) is 1.41. The van der Waals surface area contributed by atoms with Crippen LogP contribution in [-0.2, 0) is 6.42 Å². The van der Waals surface area contributed by atoms with Gasteiger partial charge in [0.1, 0.15) is 0 Å². The predicted molar refractivity (Wildman–Crippen MR) is 57.2 cm³/mol. The standard InChI is InChI=1S/C12H15NO/c1-8(2)9-3-5-11-10(7-9)4-6-12(11)13-14/h3,5,7-8,14H,4,6H2,1-2H3/b13-12-. The monoisotopic (exact) mass is 189 g/mol. The summed E-state index contributed by atoms with van der Waals surface area (Å²) in [6.45, 7) is 4.38. The molecule has 0 aliphatic heterocycles. The molecule has 0 saturated carbocycles. The molecule has 0 atom stereocenters. The van der Waals surface area contributed by atoms with Crippen LogP contribution in [0.4, 0.5) is 0 Å². The summed E-state index contributed by atoms with van der Waals surface area (Å²) in [6, 6.07) is 6.44. The Hall–Kier alpha value is -1.31. The van der Waals surface area contributed by atoms with Gasteiger partial charge >= 0.3 is 0 Å². The van der Waals surface area contributed by atoms with Crippen molar-refractivity contribution in [1.29, 1.82) is 0 Å². The van der Waals surface area contributed by atoms with Crippen LogP contribution in [0.5, 0.6) is 0 Å². The van der Waals surface area contributed by atoms with Crippen molar-refractivity contribution in [3.05, 3.63) is 34.9 Å². The Morgan fingerprint density at radius 3 is 2.71 bits per heavy atom. The highest BCUT2D eigenvalue weighted by Gasteiger charge is 2.18. The molecule has 2 rings (SSSR count). The summed E-state index contributed by atoms with van der Waals surface area (Å²) >= 11 is 0. The van der Waals surface area contributed by atoms with E-state index in [-0.39, 0.29) is 0 Å². The van der Waals surface area contributed by atoms with E-state index in [9.17, 15) is 0 Å². The first kappa shape index (κ1) is 9.25. The molecule has 1 aliphatic rings. The van der Waals surface area contributed by atoms with Gasteiger partial charge in [-0.15, -0.1) is 0 Å². The number of hydrogen-bond donors (Lipinski definition) is 1. The second-order valence-electron chi connectivity index (χ2n) is 4.12. The van der Waals surface area contributed by atoms with Gasteiger partial charge in [0.15, 0.2) is 0 Å². The molecule has 0 amide bonds. The smallest absolute Gasteiger partial charge is 0.0873 e. The molecule has 1 N–H and O–H groups in total. The lowest BCUT2D eigenvalue weighted by Gasteiger charge is -2.07. The molecule has 0 unspecified atom stereocenters. The second kappa shape index (κ2) is 3.45. The SMILES string of the molecule is CC(C)c1ccc2c(c1)CC/C2=N/O. The molecule has 0 radical (unpaired) electrons. The number of oxime groups is 1. The number of rotatable bonds is 1. The molecule has 0 aromatic heterocycles. The third-order valence-electron chi connectivity index (χ3n) is 2.86. The summed E-state index contributed by atoms with van der Waals surface area (Å²) in [4.78, 5) is 0. The molecule has 0 saturated heterocycles. The topological polar surface area (TPSA) is 32.6 Å². The van der Waals surface area contributed by atoms with Crippen LogP contribution in [0.25, 0.3) is 0 Å². The van der Waals surface area contributed by atoms with Crippen molar-refractivity contribution in [1.82, 2.24) is 0 Å². The van der Waals surface area contributed by atoms with Gasteiger partial charge in [-0.05, 0) is 29.9 Å². The lowest BCUT2D eigenvalue weighted by atomic mass is 9.98. The number of hydrogen-bond acceptors (Lipinski definition) is 2. The zero-order chi connectivity index (χ0) is 10.1. The third-order valence-corrected chi connectivity index (χ3v) is 2.86. The average Bonchev–Trinajstić information content (AvgIpc) is 2.59. The van der Waals surface area contributed by atoms with Crippen LogP contribution in [0.15, 0.2) is 23.4 Å². The molecule has 0 bridgehead atoms. The van der Waals surface area contributed by atoms with Crippen molar-refractivity contribution in [2.24, 2.45) is 5.16 Å². The molecule has 2 heteroatoms. The van der Waals surface area contributed by atoms with Crippen molar-refractivity contribution in [3.8, 4) is 0 Å². The highest BCUT2D eigenvalue weighted by atomic mass is 16.4. The maximum atomic E-state index is 8.78. The number of benzene rings is 1. The van der Waals surface area contributed by atoms with Crippen molar-refractivity contribution >= 4 is 5.71 Å². The van der Waals surface area contributed by atoms with Gasteiger partial charge in [0, 0.05) is 5.56 Å². The molecule has 0 heterocycles. The summed E-state index contributed by atoms with van der Waals surface area (Å²) in [5, 5.41) is 12.1. The van der Waals surface area contributed by atoms with E-state index in [1.54, 1.807) is 0 Å². The Morgan fingerprint density at radius 2 is 2.07 bits per heavy atom. The minimum atomic E-state index is 0.565. The Morgan fingerprint density at radius 1 is 1.29 bits per heavy atom. The molecule has 14 heavy (non-hydrogen) atoms. The van der Waals surface area contributed by atoms with Gasteiger partial charge in [-0.1, -0.05) is 37.2 Å². The first-order valence-corrected chi connectivity index (χ1v) is 5.06. The van der Waals surface area contributed by atoms with E-state index in [0.717, 1.165) is 24.1 Å². The minimum Gasteiger partial charge on any atom is -0.411 e. The molecular formula is C12H15NO. The first-order valence-electron chi connectivity index (χ1n) is 5.06. The van der Waals surface area contributed by atoms with E-state index in [1.807, 2.05) is 0 Å². The second-order valence-corrected chi connectivity index (χ2v) is 4.12. The van der Waals surface area contributed by atoms with Crippen LogP contribution in [0.2, 0.25) is 0 Å².